The summed E-state index contributed by atoms with van der Waals surface area (Å²) in [7, 11) is 0. The zero-order valence-electron chi connectivity index (χ0n) is 7.45. The Kier molecular flexibility index (Phi) is 4.83. The summed E-state index contributed by atoms with van der Waals surface area (Å²) < 4.78 is 0. The molecule has 0 atom stereocenters. The van der Waals surface area contributed by atoms with E-state index in [1.165, 1.54) is 11.8 Å². The van der Waals surface area contributed by atoms with Gasteiger partial charge in [-0.25, -0.2) is 0 Å². The number of amides is 1. The summed E-state index contributed by atoms with van der Waals surface area (Å²) in [6, 6.07) is 0. The van der Waals surface area contributed by atoms with E-state index >= 15 is 0 Å². The Morgan fingerprint density at radius 3 is 2.58 bits per heavy atom. The van der Waals surface area contributed by atoms with E-state index in [1.807, 2.05) is 6.92 Å². The summed E-state index contributed by atoms with van der Waals surface area (Å²) in [6.07, 6.45) is 0.859. The van der Waals surface area contributed by atoms with Crippen LogP contribution in [-0.2, 0) is 4.79 Å². The second-order valence-corrected chi connectivity index (χ2v) is 2.53. The van der Waals surface area contributed by atoms with Gasteiger partial charge >= 0.3 is 0 Å². The molecule has 0 rings (SSSR count). The first kappa shape index (κ1) is 10.7. The summed E-state index contributed by atoms with van der Waals surface area (Å²) in [5, 5.41) is 11.1. The Balaban J connectivity index is 4.04. The standard InChI is InChI=1S/C7H15N3O2/c1-3-4-10(6(2)11)5-7(8)9-12/h12H,3-5H2,1-2H3,(H2,8,9). The van der Waals surface area contributed by atoms with Gasteiger partial charge in [-0.3, -0.25) is 4.79 Å². The minimum atomic E-state index is -0.0662. The molecule has 0 radical (unpaired) electrons. The van der Waals surface area contributed by atoms with Crippen molar-refractivity contribution >= 4 is 11.7 Å². The second kappa shape index (κ2) is 5.40. The fourth-order valence-electron chi connectivity index (χ4n) is 0.845. The number of amidine groups is 1. The molecule has 0 aromatic rings. The monoisotopic (exact) mass is 173 g/mol. The third kappa shape index (κ3) is 3.80. The fourth-order valence-corrected chi connectivity index (χ4v) is 0.845. The van der Waals surface area contributed by atoms with Crippen LogP contribution in [0, 0.1) is 0 Å². The predicted molar refractivity (Wildman–Crippen MR) is 46.0 cm³/mol. The zero-order chi connectivity index (χ0) is 9.56. The van der Waals surface area contributed by atoms with Crippen molar-refractivity contribution in [3.8, 4) is 0 Å². The first-order valence-electron chi connectivity index (χ1n) is 3.83. The maximum Gasteiger partial charge on any atom is 0.219 e. The molecule has 0 unspecified atom stereocenters. The van der Waals surface area contributed by atoms with E-state index in [2.05, 4.69) is 5.16 Å². The van der Waals surface area contributed by atoms with E-state index < -0.39 is 0 Å². The lowest BCUT2D eigenvalue weighted by atomic mass is 10.4. The summed E-state index contributed by atoms with van der Waals surface area (Å²) >= 11 is 0. The first-order chi connectivity index (χ1) is 5.61. The molecule has 12 heavy (non-hydrogen) atoms. The highest BCUT2D eigenvalue weighted by molar-refractivity contribution is 5.86. The second-order valence-electron chi connectivity index (χ2n) is 2.53. The molecule has 0 aliphatic rings. The van der Waals surface area contributed by atoms with Gasteiger partial charge in [0.15, 0.2) is 5.84 Å². The Bertz CT molecular complexity index is 179. The molecule has 5 nitrogen and oxygen atoms in total. The minimum Gasteiger partial charge on any atom is -0.409 e. The zero-order valence-corrected chi connectivity index (χ0v) is 7.45. The van der Waals surface area contributed by atoms with E-state index in [1.54, 1.807) is 0 Å². The van der Waals surface area contributed by atoms with Crippen molar-refractivity contribution in [1.82, 2.24) is 4.90 Å². The molecule has 0 aromatic carbocycles. The van der Waals surface area contributed by atoms with Gasteiger partial charge in [0.05, 0.1) is 6.54 Å². The number of rotatable bonds is 4. The van der Waals surface area contributed by atoms with Crippen LogP contribution in [0.2, 0.25) is 0 Å². The molecule has 0 spiro atoms. The van der Waals surface area contributed by atoms with Gasteiger partial charge in [0.25, 0.3) is 0 Å². The van der Waals surface area contributed by atoms with Gasteiger partial charge in [-0.15, -0.1) is 0 Å². The molecule has 70 valence electrons. The van der Waals surface area contributed by atoms with Gasteiger partial charge in [-0.05, 0) is 6.42 Å². The summed E-state index contributed by atoms with van der Waals surface area (Å²) in [4.78, 5) is 12.4. The van der Waals surface area contributed by atoms with Crippen LogP contribution in [0.5, 0.6) is 0 Å². The molecule has 1 amide bonds. The Labute approximate surface area is 71.8 Å². The lowest BCUT2D eigenvalue weighted by molar-refractivity contribution is -0.128. The van der Waals surface area contributed by atoms with E-state index in [9.17, 15) is 4.79 Å². The van der Waals surface area contributed by atoms with E-state index in [0.29, 0.717) is 6.54 Å². The average molecular weight is 173 g/mol. The Hall–Kier alpha value is -1.26. The third-order valence-electron chi connectivity index (χ3n) is 1.42. The molecule has 0 aromatic heterocycles. The van der Waals surface area contributed by atoms with Crippen LogP contribution in [-0.4, -0.2) is 34.9 Å². The molecular formula is C7H15N3O2. The molecule has 0 saturated heterocycles. The molecule has 5 heteroatoms. The number of nitrogens with zero attached hydrogens (tertiary/aromatic N) is 2. The van der Waals surface area contributed by atoms with Crippen LogP contribution in [0.3, 0.4) is 0 Å². The van der Waals surface area contributed by atoms with Crippen LogP contribution in [0.25, 0.3) is 0 Å². The van der Waals surface area contributed by atoms with Gasteiger partial charge in [0, 0.05) is 13.5 Å². The van der Waals surface area contributed by atoms with Crippen LogP contribution >= 0.6 is 0 Å². The number of oxime groups is 1. The van der Waals surface area contributed by atoms with Crippen LogP contribution < -0.4 is 5.73 Å². The van der Waals surface area contributed by atoms with Crippen molar-refractivity contribution in [2.45, 2.75) is 20.3 Å². The topological polar surface area (TPSA) is 78.9 Å². The van der Waals surface area contributed by atoms with E-state index in [4.69, 9.17) is 10.9 Å². The molecule has 0 bridgehead atoms. The molecule has 0 heterocycles. The van der Waals surface area contributed by atoms with Gasteiger partial charge in [-0.1, -0.05) is 12.1 Å². The molecular weight excluding hydrogens is 158 g/mol. The van der Waals surface area contributed by atoms with E-state index in [-0.39, 0.29) is 18.3 Å². The largest absolute Gasteiger partial charge is 0.409 e. The lowest BCUT2D eigenvalue weighted by Crippen LogP contribution is -2.37. The van der Waals surface area contributed by atoms with Crippen molar-refractivity contribution in [2.24, 2.45) is 10.9 Å². The maximum atomic E-state index is 10.9. The number of nitrogens with two attached hydrogens (primary N) is 1. The van der Waals surface area contributed by atoms with Crippen molar-refractivity contribution in [3.05, 3.63) is 0 Å². The number of hydrogen-bond donors (Lipinski definition) is 2. The van der Waals surface area contributed by atoms with Crippen molar-refractivity contribution in [1.29, 1.82) is 0 Å². The van der Waals surface area contributed by atoms with Gasteiger partial charge in [-0.2, -0.15) is 0 Å². The number of hydrogen-bond acceptors (Lipinski definition) is 3. The summed E-state index contributed by atoms with van der Waals surface area (Å²) in [5.74, 6) is -0.0119. The number of carbonyl (C=O) groups excluding carboxylic acids is 1. The smallest absolute Gasteiger partial charge is 0.219 e. The van der Waals surface area contributed by atoms with Gasteiger partial charge in [0.1, 0.15) is 0 Å². The van der Waals surface area contributed by atoms with Crippen molar-refractivity contribution in [2.75, 3.05) is 13.1 Å². The van der Waals surface area contributed by atoms with Gasteiger partial charge in [0.2, 0.25) is 5.91 Å². The molecule has 0 aliphatic heterocycles. The van der Waals surface area contributed by atoms with Crippen LogP contribution in [0.1, 0.15) is 20.3 Å². The average Bonchev–Trinajstić information content (AvgIpc) is 2.03. The highest BCUT2D eigenvalue weighted by Gasteiger charge is 2.08. The summed E-state index contributed by atoms with van der Waals surface area (Å²) in [5.41, 5.74) is 5.25. The molecule has 0 aliphatic carbocycles. The third-order valence-corrected chi connectivity index (χ3v) is 1.42. The first-order valence-corrected chi connectivity index (χ1v) is 3.83. The Morgan fingerprint density at radius 1 is 1.67 bits per heavy atom. The molecule has 3 N–H and O–H groups in total. The SMILES string of the molecule is CCCN(CC(N)=NO)C(C)=O. The van der Waals surface area contributed by atoms with E-state index in [0.717, 1.165) is 6.42 Å². The van der Waals surface area contributed by atoms with Crippen LogP contribution in [0.4, 0.5) is 0 Å². The van der Waals surface area contributed by atoms with Crippen molar-refractivity contribution in [3.63, 3.8) is 0 Å². The Morgan fingerprint density at radius 2 is 2.25 bits per heavy atom. The normalized spacial score (nSPS) is 11.3. The quantitative estimate of drug-likeness (QED) is 0.271. The molecule has 0 fully saturated rings. The highest BCUT2D eigenvalue weighted by atomic mass is 16.4. The predicted octanol–water partition coefficient (Wildman–Crippen LogP) is -0.00870. The highest BCUT2D eigenvalue weighted by Crippen LogP contribution is 1.91. The minimum absolute atomic E-state index is 0.0543. The summed E-state index contributed by atoms with van der Waals surface area (Å²) in [6.45, 7) is 4.24. The lowest BCUT2D eigenvalue weighted by Gasteiger charge is -2.18. The maximum absolute atomic E-state index is 10.9. The van der Waals surface area contributed by atoms with Gasteiger partial charge < -0.3 is 15.8 Å². The van der Waals surface area contributed by atoms with Crippen LogP contribution in [0.15, 0.2) is 5.16 Å². The molecule has 0 saturated carbocycles. The fraction of sp³-hybridized carbons (Fsp3) is 0.714. The number of carbonyl (C=O) groups is 1. The van der Waals surface area contributed by atoms with Crippen molar-refractivity contribution < 1.29 is 10.0 Å².